The van der Waals surface area contributed by atoms with Crippen molar-refractivity contribution in [1.29, 1.82) is 0 Å². The van der Waals surface area contributed by atoms with Crippen LogP contribution in [0.2, 0.25) is 0 Å². The highest BCUT2D eigenvalue weighted by Crippen LogP contribution is 2.15. The van der Waals surface area contributed by atoms with Crippen LogP contribution in [0.4, 0.5) is 0 Å². The van der Waals surface area contributed by atoms with E-state index in [-0.39, 0.29) is 31.1 Å². The summed E-state index contributed by atoms with van der Waals surface area (Å²) in [5.41, 5.74) is 0. The molecule has 0 heterocycles. The van der Waals surface area contributed by atoms with E-state index in [1.807, 2.05) is 0 Å². The standard InChI is InChI=1S/C69H114O6/c1-4-7-10-13-16-19-22-25-26-27-28-29-30-31-32-33-34-35-36-37-38-39-40-41-42-45-47-50-53-56-59-62-68(71)74-65-66(75-69(72)63-60-57-54-51-48-44-24-21-18-15-12-9-6-3)64-73-67(70)61-58-55-52-49-46-43-23-20-17-14-11-8-5-2/h7,10,12,15-16,19,21,24-26,28-29,31-32,34-35,37-38,40-41,66H,4-6,8-9,11,13-14,17-18,20,22-23,27,30,33,36,39,42-65H2,1-3H3/b10-7-,15-12-,19-16-,24-21-,26-25-,29-28-,32-31-,35-34-,38-37-,41-40-. The smallest absolute Gasteiger partial charge is 0.306 e. The molecule has 0 aromatic carbocycles. The molecular weight excluding hydrogens is 925 g/mol. The summed E-state index contributed by atoms with van der Waals surface area (Å²) < 4.78 is 16.9. The molecule has 0 radical (unpaired) electrons. The Bertz CT molecular complexity index is 1570. The van der Waals surface area contributed by atoms with Gasteiger partial charge in [0.05, 0.1) is 0 Å². The maximum atomic E-state index is 12.8. The van der Waals surface area contributed by atoms with Crippen LogP contribution in [0.1, 0.15) is 278 Å². The van der Waals surface area contributed by atoms with Crippen molar-refractivity contribution < 1.29 is 28.6 Å². The Labute approximate surface area is 462 Å². The summed E-state index contributed by atoms with van der Waals surface area (Å²) in [6.45, 7) is 6.44. The van der Waals surface area contributed by atoms with Gasteiger partial charge >= 0.3 is 17.9 Å². The number of unbranched alkanes of at least 4 members (excludes halogenated alkanes) is 24. The molecule has 0 saturated carbocycles. The summed E-state index contributed by atoms with van der Waals surface area (Å²) in [6.07, 6.45) is 86.3. The lowest BCUT2D eigenvalue weighted by Gasteiger charge is -2.18. The molecule has 0 amide bonds. The van der Waals surface area contributed by atoms with Crippen LogP contribution in [0.5, 0.6) is 0 Å². The second kappa shape index (κ2) is 62.4. The van der Waals surface area contributed by atoms with Gasteiger partial charge in [-0.25, -0.2) is 0 Å². The third-order valence-corrected chi connectivity index (χ3v) is 12.9. The fraction of sp³-hybridized carbons (Fsp3) is 0.667. The van der Waals surface area contributed by atoms with Crippen LogP contribution < -0.4 is 0 Å². The molecule has 0 aliphatic heterocycles. The first-order valence-electron chi connectivity index (χ1n) is 31.0. The zero-order valence-corrected chi connectivity index (χ0v) is 48.8. The van der Waals surface area contributed by atoms with Crippen molar-refractivity contribution in [3.8, 4) is 0 Å². The summed E-state index contributed by atoms with van der Waals surface area (Å²) in [5.74, 6) is -0.916. The van der Waals surface area contributed by atoms with E-state index in [2.05, 4.69) is 142 Å². The molecule has 0 aromatic rings. The lowest BCUT2D eigenvalue weighted by Crippen LogP contribution is -2.30. The number of ether oxygens (including phenoxy) is 3. The number of hydrogen-bond donors (Lipinski definition) is 0. The van der Waals surface area contributed by atoms with Crippen LogP contribution in [0.3, 0.4) is 0 Å². The van der Waals surface area contributed by atoms with Crippen molar-refractivity contribution in [2.45, 2.75) is 284 Å². The first-order chi connectivity index (χ1) is 37.0. The predicted molar refractivity (Wildman–Crippen MR) is 325 cm³/mol. The lowest BCUT2D eigenvalue weighted by molar-refractivity contribution is -0.167. The van der Waals surface area contributed by atoms with Crippen LogP contribution in [0, 0.1) is 0 Å². The van der Waals surface area contributed by atoms with E-state index in [0.717, 1.165) is 154 Å². The number of hydrogen-bond acceptors (Lipinski definition) is 6. The molecule has 0 N–H and O–H groups in total. The Morgan fingerprint density at radius 2 is 0.547 bits per heavy atom. The SMILES string of the molecule is CC/C=C\C/C=C\C/C=C\C/C=C\C/C=C\C/C=C\C/C=C\C/C=C\CCCCCCCCC(=O)OCC(COC(=O)CCCCCCCCCCCCCCC)OC(=O)CCCCCCC/C=C\C/C=C\CCC. The molecule has 0 aromatic heterocycles. The minimum absolute atomic E-state index is 0.0881. The highest BCUT2D eigenvalue weighted by molar-refractivity contribution is 5.71. The molecule has 0 rings (SSSR count). The molecule has 1 atom stereocenters. The van der Waals surface area contributed by atoms with Gasteiger partial charge in [0.2, 0.25) is 0 Å². The zero-order chi connectivity index (χ0) is 54.3. The van der Waals surface area contributed by atoms with Crippen molar-refractivity contribution in [2.24, 2.45) is 0 Å². The van der Waals surface area contributed by atoms with Gasteiger partial charge in [0.15, 0.2) is 6.10 Å². The predicted octanol–water partition coefficient (Wildman–Crippen LogP) is 21.2. The highest BCUT2D eigenvalue weighted by Gasteiger charge is 2.19. The second-order valence-electron chi connectivity index (χ2n) is 20.2. The topological polar surface area (TPSA) is 78.9 Å². The Kier molecular flexibility index (Phi) is 58.9. The van der Waals surface area contributed by atoms with Crippen LogP contribution in [-0.4, -0.2) is 37.2 Å². The van der Waals surface area contributed by atoms with Crippen molar-refractivity contribution in [3.63, 3.8) is 0 Å². The largest absolute Gasteiger partial charge is 0.462 e. The van der Waals surface area contributed by atoms with Gasteiger partial charge in [0.25, 0.3) is 0 Å². The van der Waals surface area contributed by atoms with Gasteiger partial charge in [0, 0.05) is 19.3 Å². The highest BCUT2D eigenvalue weighted by atomic mass is 16.6. The number of rotatable bonds is 55. The molecule has 0 spiro atoms. The van der Waals surface area contributed by atoms with E-state index in [1.54, 1.807) is 0 Å². The summed E-state index contributed by atoms with van der Waals surface area (Å²) in [5, 5.41) is 0. The lowest BCUT2D eigenvalue weighted by atomic mass is 10.0. The Hall–Kier alpha value is -4.19. The van der Waals surface area contributed by atoms with Crippen LogP contribution in [0.15, 0.2) is 122 Å². The van der Waals surface area contributed by atoms with Gasteiger partial charge < -0.3 is 14.2 Å². The number of carbonyl (C=O) groups excluding carboxylic acids is 3. The molecule has 6 nitrogen and oxygen atoms in total. The van der Waals surface area contributed by atoms with Gasteiger partial charge in [-0.3, -0.25) is 14.4 Å². The first kappa shape index (κ1) is 70.8. The van der Waals surface area contributed by atoms with Crippen molar-refractivity contribution in [2.75, 3.05) is 13.2 Å². The molecule has 0 aliphatic rings. The van der Waals surface area contributed by atoms with E-state index in [4.69, 9.17) is 14.2 Å². The fourth-order valence-electron chi connectivity index (χ4n) is 8.32. The van der Waals surface area contributed by atoms with Crippen LogP contribution >= 0.6 is 0 Å². The number of allylic oxidation sites excluding steroid dienone is 20. The minimum atomic E-state index is -0.793. The molecule has 0 bridgehead atoms. The van der Waals surface area contributed by atoms with Crippen molar-refractivity contribution in [1.82, 2.24) is 0 Å². The van der Waals surface area contributed by atoms with E-state index < -0.39 is 6.10 Å². The Balaban J connectivity index is 4.29. The van der Waals surface area contributed by atoms with Gasteiger partial charge in [-0.1, -0.05) is 271 Å². The summed E-state index contributed by atoms with van der Waals surface area (Å²) in [6, 6.07) is 0. The van der Waals surface area contributed by atoms with E-state index in [9.17, 15) is 14.4 Å². The van der Waals surface area contributed by atoms with Crippen molar-refractivity contribution in [3.05, 3.63) is 122 Å². The molecule has 0 fully saturated rings. The third-order valence-electron chi connectivity index (χ3n) is 12.9. The van der Waals surface area contributed by atoms with Gasteiger partial charge in [-0.2, -0.15) is 0 Å². The molecule has 0 aliphatic carbocycles. The number of carbonyl (C=O) groups is 3. The molecule has 0 saturated heterocycles. The normalized spacial score (nSPS) is 12.9. The molecule has 75 heavy (non-hydrogen) atoms. The quantitative estimate of drug-likeness (QED) is 0.0261. The summed E-state index contributed by atoms with van der Waals surface area (Å²) >= 11 is 0. The van der Waals surface area contributed by atoms with E-state index in [0.29, 0.717) is 19.3 Å². The molecule has 426 valence electrons. The van der Waals surface area contributed by atoms with Gasteiger partial charge in [-0.05, 0) is 109 Å². The van der Waals surface area contributed by atoms with Crippen LogP contribution in [0.25, 0.3) is 0 Å². The third kappa shape index (κ3) is 60.6. The van der Waals surface area contributed by atoms with Crippen molar-refractivity contribution >= 4 is 17.9 Å². The monoisotopic (exact) mass is 1040 g/mol. The van der Waals surface area contributed by atoms with E-state index >= 15 is 0 Å². The molecular formula is C69H114O6. The second-order valence-corrected chi connectivity index (χ2v) is 20.2. The molecule has 1 unspecified atom stereocenters. The maximum Gasteiger partial charge on any atom is 0.306 e. The summed E-state index contributed by atoms with van der Waals surface area (Å²) in [4.78, 5) is 38.2. The van der Waals surface area contributed by atoms with Gasteiger partial charge in [0.1, 0.15) is 13.2 Å². The summed E-state index contributed by atoms with van der Waals surface area (Å²) in [7, 11) is 0. The fourth-order valence-corrected chi connectivity index (χ4v) is 8.32. The average molecular weight is 1040 g/mol. The maximum absolute atomic E-state index is 12.8. The average Bonchev–Trinajstić information content (AvgIpc) is 3.41. The number of esters is 3. The minimum Gasteiger partial charge on any atom is -0.462 e. The van der Waals surface area contributed by atoms with Crippen LogP contribution in [-0.2, 0) is 28.6 Å². The zero-order valence-electron chi connectivity index (χ0n) is 48.8. The first-order valence-corrected chi connectivity index (χ1v) is 31.0. The van der Waals surface area contributed by atoms with Gasteiger partial charge in [-0.15, -0.1) is 0 Å². The van der Waals surface area contributed by atoms with E-state index in [1.165, 1.54) is 83.5 Å². The Morgan fingerprint density at radius 1 is 0.280 bits per heavy atom. The Morgan fingerprint density at radius 3 is 0.867 bits per heavy atom. The molecule has 6 heteroatoms.